The van der Waals surface area contributed by atoms with Gasteiger partial charge in [-0.05, 0) is 46.8 Å². The van der Waals surface area contributed by atoms with Gasteiger partial charge in [0.2, 0.25) is 0 Å². The summed E-state index contributed by atoms with van der Waals surface area (Å²) in [6.07, 6.45) is 1.78. The molecule has 2 aromatic heterocycles. The van der Waals surface area contributed by atoms with Gasteiger partial charge in [-0.3, -0.25) is 4.79 Å². The third-order valence-corrected chi connectivity index (χ3v) is 4.30. The number of benzene rings is 1. The Kier molecular flexibility index (Phi) is 5.65. The van der Waals surface area contributed by atoms with Gasteiger partial charge in [0.05, 0.1) is 23.5 Å². The number of hydrogen-bond acceptors (Lipinski definition) is 5. The summed E-state index contributed by atoms with van der Waals surface area (Å²) in [5.74, 6) is 0.214. The monoisotopic (exact) mass is 382 g/mol. The summed E-state index contributed by atoms with van der Waals surface area (Å²) in [7, 11) is 0. The topological polar surface area (TPSA) is 82.2 Å². The maximum atomic E-state index is 12.5. The Labute approximate surface area is 164 Å². The maximum Gasteiger partial charge on any atom is 0.273 e. The molecule has 0 spiro atoms. The average Bonchev–Trinajstić information content (AvgIpc) is 3.27. The smallest absolute Gasteiger partial charge is 0.273 e. The molecule has 0 bridgehead atoms. The van der Waals surface area contributed by atoms with Crippen LogP contribution in [0.2, 0.25) is 0 Å². The van der Waals surface area contributed by atoms with E-state index in [2.05, 4.69) is 15.6 Å². The molecule has 0 aliphatic rings. The molecule has 2 heterocycles. The van der Waals surface area contributed by atoms with Crippen LogP contribution in [-0.4, -0.2) is 26.4 Å². The lowest BCUT2D eigenvalue weighted by Crippen LogP contribution is -2.27. The van der Waals surface area contributed by atoms with Gasteiger partial charge in [-0.25, -0.2) is 4.68 Å². The molecule has 3 rings (SSSR count). The van der Waals surface area contributed by atoms with Gasteiger partial charge in [-0.2, -0.15) is 5.10 Å². The SMILES string of the molecule is Cc1c([C@@H](C)NC(=O)c2cc(COC(C)(C)C)on2)cnn1-c1ccccc1. The van der Waals surface area contributed by atoms with E-state index in [-0.39, 0.29) is 29.9 Å². The molecule has 7 heteroatoms. The van der Waals surface area contributed by atoms with Crippen molar-refractivity contribution in [3.05, 3.63) is 65.3 Å². The number of carbonyl (C=O) groups excluding carboxylic acids is 1. The predicted octanol–water partition coefficient (Wildman–Crippen LogP) is 3.97. The molecular formula is C21H26N4O3. The van der Waals surface area contributed by atoms with E-state index in [1.54, 1.807) is 12.3 Å². The van der Waals surface area contributed by atoms with Crippen LogP contribution in [0.5, 0.6) is 0 Å². The molecule has 1 N–H and O–H groups in total. The van der Waals surface area contributed by atoms with Crippen molar-refractivity contribution < 1.29 is 14.1 Å². The van der Waals surface area contributed by atoms with Gasteiger partial charge in [0, 0.05) is 17.3 Å². The first-order valence-electron chi connectivity index (χ1n) is 9.25. The van der Waals surface area contributed by atoms with E-state index in [0.717, 1.165) is 16.9 Å². The highest BCUT2D eigenvalue weighted by molar-refractivity contribution is 5.92. The lowest BCUT2D eigenvalue weighted by Gasteiger charge is -2.17. The van der Waals surface area contributed by atoms with Crippen molar-refractivity contribution >= 4 is 5.91 Å². The van der Waals surface area contributed by atoms with Crippen LogP contribution < -0.4 is 5.32 Å². The highest BCUT2D eigenvalue weighted by Gasteiger charge is 2.20. The van der Waals surface area contributed by atoms with Crippen molar-refractivity contribution in [3.8, 4) is 5.69 Å². The summed E-state index contributed by atoms with van der Waals surface area (Å²) in [6, 6.07) is 11.3. The summed E-state index contributed by atoms with van der Waals surface area (Å²) in [6.45, 7) is 10.0. The van der Waals surface area contributed by atoms with E-state index in [4.69, 9.17) is 9.26 Å². The Bertz CT molecular complexity index is 938. The lowest BCUT2D eigenvalue weighted by atomic mass is 10.1. The minimum Gasteiger partial charge on any atom is -0.368 e. The molecule has 3 aromatic rings. The zero-order valence-corrected chi connectivity index (χ0v) is 16.9. The predicted molar refractivity (Wildman–Crippen MR) is 105 cm³/mol. The molecule has 0 unspecified atom stereocenters. The van der Waals surface area contributed by atoms with Crippen LogP contribution in [0.1, 0.15) is 61.2 Å². The molecule has 1 atom stereocenters. The Hall–Kier alpha value is -2.93. The van der Waals surface area contributed by atoms with E-state index in [1.165, 1.54) is 0 Å². The van der Waals surface area contributed by atoms with E-state index >= 15 is 0 Å². The van der Waals surface area contributed by atoms with Crippen molar-refractivity contribution in [1.82, 2.24) is 20.3 Å². The Morgan fingerprint density at radius 3 is 2.68 bits per heavy atom. The van der Waals surface area contributed by atoms with Gasteiger partial charge < -0.3 is 14.6 Å². The van der Waals surface area contributed by atoms with Crippen LogP contribution in [-0.2, 0) is 11.3 Å². The highest BCUT2D eigenvalue weighted by Crippen LogP contribution is 2.20. The van der Waals surface area contributed by atoms with Crippen LogP contribution >= 0.6 is 0 Å². The van der Waals surface area contributed by atoms with Crippen LogP contribution in [0.25, 0.3) is 5.69 Å². The summed E-state index contributed by atoms with van der Waals surface area (Å²) >= 11 is 0. The second-order valence-corrected chi connectivity index (χ2v) is 7.71. The quantitative estimate of drug-likeness (QED) is 0.697. The molecule has 0 aliphatic heterocycles. The third-order valence-electron chi connectivity index (χ3n) is 4.30. The van der Waals surface area contributed by atoms with Crippen LogP contribution in [0.4, 0.5) is 0 Å². The van der Waals surface area contributed by atoms with Crippen molar-refractivity contribution in [2.24, 2.45) is 0 Å². The summed E-state index contributed by atoms with van der Waals surface area (Å²) in [5.41, 5.74) is 2.83. The lowest BCUT2D eigenvalue weighted by molar-refractivity contribution is -0.0241. The van der Waals surface area contributed by atoms with Crippen molar-refractivity contribution in [3.63, 3.8) is 0 Å². The van der Waals surface area contributed by atoms with Crippen molar-refractivity contribution in [2.75, 3.05) is 0 Å². The summed E-state index contributed by atoms with van der Waals surface area (Å²) in [4.78, 5) is 12.5. The van der Waals surface area contributed by atoms with Crippen molar-refractivity contribution in [1.29, 1.82) is 0 Å². The number of hydrogen-bond donors (Lipinski definition) is 1. The normalized spacial score (nSPS) is 12.8. The van der Waals surface area contributed by atoms with Crippen LogP contribution in [0.3, 0.4) is 0 Å². The number of aromatic nitrogens is 3. The molecule has 0 saturated heterocycles. The van der Waals surface area contributed by atoms with E-state index in [9.17, 15) is 4.79 Å². The molecular weight excluding hydrogens is 356 g/mol. The molecule has 28 heavy (non-hydrogen) atoms. The first kappa shape index (κ1) is 19.8. The molecule has 0 aliphatic carbocycles. The van der Waals surface area contributed by atoms with Gasteiger partial charge in [-0.1, -0.05) is 23.4 Å². The summed E-state index contributed by atoms with van der Waals surface area (Å²) < 4.78 is 12.7. The van der Waals surface area contributed by atoms with E-state index in [1.807, 2.05) is 69.6 Å². The number of nitrogens with one attached hydrogen (secondary N) is 1. The molecule has 7 nitrogen and oxygen atoms in total. The molecule has 148 valence electrons. The molecule has 1 amide bonds. The zero-order chi connectivity index (χ0) is 20.3. The van der Waals surface area contributed by atoms with Gasteiger partial charge in [0.1, 0.15) is 6.61 Å². The minimum absolute atomic E-state index is 0.226. The number of para-hydroxylation sites is 1. The number of carbonyl (C=O) groups is 1. The number of rotatable bonds is 6. The Balaban J connectivity index is 1.67. The third kappa shape index (κ3) is 4.67. The fourth-order valence-electron chi connectivity index (χ4n) is 2.80. The molecule has 1 aromatic carbocycles. The van der Waals surface area contributed by atoms with Gasteiger partial charge >= 0.3 is 0 Å². The second kappa shape index (κ2) is 7.98. The standard InChI is InChI=1S/C21H26N4O3/c1-14(18-12-22-25(15(18)2)16-9-7-6-8-10-16)23-20(26)19-11-17(28-24-19)13-27-21(3,4)5/h6-12,14H,13H2,1-5H3,(H,23,26)/t14-/m1/s1. The van der Waals surface area contributed by atoms with Gasteiger partial charge in [0.15, 0.2) is 11.5 Å². The van der Waals surface area contributed by atoms with E-state index < -0.39 is 0 Å². The minimum atomic E-state index is -0.301. The largest absolute Gasteiger partial charge is 0.368 e. The van der Waals surface area contributed by atoms with Crippen molar-refractivity contribution in [2.45, 2.75) is 52.9 Å². The summed E-state index contributed by atoms with van der Waals surface area (Å²) in [5, 5.41) is 11.3. The fourth-order valence-corrected chi connectivity index (χ4v) is 2.80. The van der Waals surface area contributed by atoms with Crippen LogP contribution in [0, 0.1) is 6.92 Å². The number of amides is 1. The average molecular weight is 382 g/mol. The number of nitrogens with zero attached hydrogens (tertiary/aromatic N) is 3. The van der Waals surface area contributed by atoms with Gasteiger partial charge in [-0.15, -0.1) is 0 Å². The maximum absolute atomic E-state index is 12.5. The fraction of sp³-hybridized carbons (Fsp3) is 0.381. The first-order chi connectivity index (χ1) is 13.2. The number of ether oxygens (including phenoxy) is 1. The first-order valence-corrected chi connectivity index (χ1v) is 9.25. The molecule has 0 saturated carbocycles. The highest BCUT2D eigenvalue weighted by atomic mass is 16.5. The Morgan fingerprint density at radius 1 is 1.29 bits per heavy atom. The molecule has 0 radical (unpaired) electrons. The second-order valence-electron chi connectivity index (χ2n) is 7.71. The molecule has 0 fully saturated rings. The van der Waals surface area contributed by atoms with Crippen LogP contribution in [0.15, 0.2) is 47.1 Å². The van der Waals surface area contributed by atoms with Gasteiger partial charge in [0.25, 0.3) is 5.91 Å². The Morgan fingerprint density at radius 2 is 2.00 bits per heavy atom. The van der Waals surface area contributed by atoms with E-state index in [0.29, 0.717) is 5.76 Å². The zero-order valence-electron chi connectivity index (χ0n) is 16.9.